The summed E-state index contributed by atoms with van der Waals surface area (Å²) in [6.45, 7) is 2.78. The third kappa shape index (κ3) is 2.63. The first-order chi connectivity index (χ1) is 9.34. The van der Waals surface area contributed by atoms with E-state index < -0.39 is 0 Å². The molecule has 2 heterocycles. The highest BCUT2D eigenvalue weighted by Crippen LogP contribution is 2.25. The summed E-state index contributed by atoms with van der Waals surface area (Å²) in [4.78, 5) is 4.34. The number of nitrogens with one attached hydrogen (secondary N) is 1. The first kappa shape index (κ1) is 12.2. The number of aromatic nitrogens is 1. The molecule has 4 nitrogen and oxygen atoms in total. The number of anilines is 2. The molecule has 0 spiro atoms. The molecule has 19 heavy (non-hydrogen) atoms. The van der Waals surface area contributed by atoms with Crippen LogP contribution in [-0.4, -0.2) is 24.7 Å². The van der Waals surface area contributed by atoms with Crippen molar-refractivity contribution in [1.82, 2.24) is 4.98 Å². The fourth-order valence-corrected chi connectivity index (χ4v) is 2.58. The van der Waals surface area contributed by atoms with Crippen LogP contribution in [-0.2, 0) is 4.74 Å². The lowest BCUT2D eigenvalue weighted by Crippen LogP contribution is -2.09. The molecule has 1 aliphatic heterocycles. The fraction of sp³-hybridized carbons (Fsp3) is 0.400. The summed E-state index contributed by atoms with van der Waals surface area (Å²) < 4.78 is 5.39. The number of nitrogens with zero attached hydrogens (tertiary/aromatic N) is 1. The predicted octanol–water partition coefficient (Wildman–Crippen LogP) is 2.66. The van der Waals surface area contributed by atoms with Gasteiger partial charge in [0.1, 0.15) is 0 Å². The Bertz CT molecular complexity index is 564. The van der Waals surface area contributed by atoms with Gasteiger partial charge < -0.3 is 15.8 Å². The monoisotopic (exact) mass is 257 g/mol. The van der Waals surface area contributed by atoms with E-state index in [2.05, 4.69) is 16.4 Å². The molecular formula is C15H19N3O. The van der Waals surface area contributed by atoms with Gasteiger partial charge in [-0.1, -0.05) is 12.1 Å². The number of hydrogen-bond acceptors (Lipinski definition) is 4. The van der Waals surface area contributed by atoms with Gasteiger partial charge in [0.25, 0.3) is 0 Å². The van der Waals surface area contributed by atoms with E-state index in [1.165, 1.54) is 6.42 Å². The normalized spacial score (nSPS) is 18.8. The highest BCUT2D eigenvalue weighted by molar-refractivity contribution is 5.97. The summed E-state index contributed by atoms with van der Waals surface area (Å²) in [5.41, 5.74) is 8.65. The van der Waals surface area contributed by atoms with Gasteiger partial charge in [0.2, 0.25) is 0 Å². The summed E-state index contributed by atoms with van der Waals surface area (Å²) in [6, 6.07) is 7.91. The van der Waals surface area contributed by atoms with Crippen molar-refractivity contribution in [3.8, 4) is 0 Å². The Morgan fingerprint density at radius 2 is 2.32 bits per heavy atom. The van der Waals surface area contributed by atoms with Crippen LogP contribution < -0.4 is 11.1 Å². The van der Waals surface area contributed by atoms with Crippen LogP contribution in [0.5, 0.6) is 0 Å². The van der Waals surface area contributed by atoms with Gasteiger partial charge in [-0.2, -0.15) is 0 Å². The number of nitrogens with two attached hydrogens (primary N) is 1. The molecule has 0 amide bonds. The SMILES string of the molecule is Nc1cccc2c(NCCC3CCOC3)ccnc12. The highest BCUT2D eigenvalue weighted by Gasteiger charge is 2.14. The molecule has 4 heteroatoms. The van der Waals surface area contributed by atoms with Gasteiger partial charge in [0.15, 0.2) is 0 Å². The Morgan fingerprint density at radius 1 is 1.37 bits per heavy atom. The molecule has 0 saturated carbocycles. The smallest absolute Gasteiger partial charge is 0.0951 e. The average Bonchev–Trinajstić information content (AvgIpc) is 2.93. The van der Waals surface area contributed by atoms with Crippen molar-refractivity contribution >= 4 is 22.3 Å². The van der Waals surface area contributed by atoms with E-state index in [1.54, 1.807) is 6.20 Å². The zero-order valence-corrected chi connectivity index (χ0v) is 10.9. The summed E-state index contributed by atoms with van der Waals surface area (Å²) in [6.07, 6.45) is 4.14. The van der Waals surface area contributed by atoms with E-state index in [4.69, 9.17) is 10.5 Å². The number of ether oxygens (including phenoxy) is 1. The molecule has 1 saturated heterocycles. The minimum Gasteiger partial charge on any atom is -0.397 e. The molecule has 1 aliphatic rings. The molecule has 0 bridgehead atoms. The molecule has 1 unspecified atom stereocenters. The van der Waals surface area contributed by atoms with Gasteiger partial charge in [-0.25, -0.2) is 0 Å². The number of hydrogen-bond donors (Lipinski definition) is 2. The van der Waals surface area contributed by atoms with Gasteiger partial charge in [-0.15, -0.1) is 0 Å². The molecular weight excluding hydrogens is 238 g/mol. The lowest BCUT2D eigenvalue weighted by Gasteiger charge is -2.12. The second-order valence-electron chi connectivity index (χ2n) is 5.05. The summed E-state index contributed by atoms with van der Waals surface area (Å²) in [5.74, 6) is 0.700. The largest absolute Gasteiger partial charge is 0.397 e. The van der Waals surface area contributed by atoms with Crippen molar-refractivity contribution in [1.29, 1.82) is 0 Å². The van der Waals surface area contributed by atoms with Gasteiger partial charge >= 0.3 is 0 Å². The summed E-state index contributed by atoms with van der Waals surface area (Å²) in [7, 11) is 0. The van der Waals surface area contributed by atoms with Gasteiger partial charge in [0, 0.05) is 37.0 Å². The van der Waals surface area contributed by atoms with Gasteiger partial charge in [0.05, 0.1) is 11.2 Å². The Hall–Kier alpha value is -1.81. The minimum absolute atomic E-state index is 0.700. The first-order valence-electron chi connectivity index (χ1n) is 6.79. The molecule has 1 aromatic heterocycles. The number of pyridine rings is 1. The summed E-state index contributed by atoms with van der Waals surface area (Å²) >= 11 is 0. The van der Waals surface area contributed by atoms with Crippen molar-refractivity contribution in [3.63, 3.8) is 0 Å². The molecule has 1 atom stereocenters. The number of rotatable bonds is 4. The molecule has 0 radical (unpaired) electrons. The topological polar surface area (TPSA) is 60.2 Å². The second-order valence-corrected chi connectivity index (χ2v) is 5.05. The van der Waals surface area contributed by atoms with Crippen molar-refractivity contribution < 1.29 is 4.74 Å². The molecule has 3 N–H and O–H groups in total. The van der Waals surface area contributed by atoms with Crippen molar-refractivity contribution in [2.45, 2.75) is 12.8 Å². The van der Waals surface area contributed by atoms with Crippen LogP contribution in [0.4, 0.5) is 11.4 Å². The van der Waals surface area contributed by atoms with Crippen molar-refractivity contribution in [2.24, 2.45) is 5.92 Å². The third-order valence-electron chi connectivity index (χ3n) is 3.69. The van der Waals surface area contributed by atoms with Crippen LogP contribution >= 0.6 is 0 Å². The molecule has 2 aromatic rings. The molecule has 100 valence electrons. The molecule has 3 rings (SSSR count). The standard InChI is InChI=1S/C15H19N3O/c16-13-3-1-2-12-14(5-8-18-15(12)13)17-7-4-11-6-9-19-10-11/h1-3,5,8,11H,4,6-7,9-10,16H2,(H,17,18). The van der Waals surface area contributed by atoms with E-state index in [1.807, 2.05) is 18.2 Å². The van der Waals surface area contributed by atoms with E-state index in [-0.39, 0.29) is 0 Å². The zero-order chi connectivity index (χ0) is 13.1. The number of para-hydroxylation sites is 1. The van der Waals surface area contributed by atoms with Crippen LogP contribution in [0.2, 0.25) is 0 Å². The van der Waals surface area contributed by atoms with Crippen LogP contribution in [0.1, 0.15) is 12.8 Å². The number of nitrogen functional groups attached to an aromatic ring is 1. The Balaban J connectivity index is 1.72. The maximum absolute atomic E-state index is 5.95. The lowest BCUT2D eigenvalue weighted by molar-refractivity contribution is 0.185. The average molecular weight is 257 g/mol. The second kappa shape index (κ2) is 5.45. The predicted molar refractivity (Wildman–Crippen MR) is 78.2 cm³/mol. The lowest BCUT2D eigenvalue weighted by atomic mass is 10.1. The zero-order valence-electron chi connectivity index (χ0n) is 10.9. The molecule has 0 aliphatic carbocycles. The van der Waals surface area contributed by atoms with Gasteiger partial charge in [-0.3, -0.25) is 4.98 Å². The van der Waals surface area contributed by atoms with Gasteiger partial charge in [-0.05, 0) is 30.9 Å². The van der Waals surface area contributed by atoms with Crippen LogP contribution in [0.3, 0.4) is 0 Å². The highest BCUT2D eigenvalue weighted by atomic mass is 16.5. The number of benzene rings is 1. The van der Waals surface area contributed by atoms with Crippen molar-refractivity contribution in [3.05, 3.63) is 30.5 Å². The van der Waals surface area contributed by atoms with Crippen LogP contribution in [0.15, 0.2) is 30.5 Å². The number of fused-ring (bicyclic) bond motifs is 1. The fourth-order valence-electron chi connectivity index (χ4n) is 2.58. The van der Waals surface area contributed by atoms with E-state index >= 15 is 0 Å². The molecule has 1 aromatic carbocycles. The van der Waals surface area contributed by atoms with Crippen molar-refractivity contribution in [2.75, 3.05) is 30.8 Å². The van der Waals surface area contributed by atoms with Crippen LogP contribution in [0, 0.1) is 5.92 Å². The Kier molecular flexibility index (Phi) is 3.51. The van der Waals surface area contributed by atoms with Crippen LogP contribution in [0.25, 0.3) is 10.9 Å². The van der Waals surface area contributed by atoms with E-state index in [9.17, 15) is 0 Å². The third-order valence-corrected chi connectivity index (χ3v) is 3.69. The van der Waals surface area contributed by atoms with E-state index in [0.29, 0.717) is 5.92 Å². The minimum atomic E-state index is 0.700. The first-order valence-corrected chi connectivity index (χ1v) is 6.79. The quantitative estimate of drug-likeness (QED) is 0.827. The maximum Gasteiger partial charge on any atom is 0.0951 e. The Morgan fingerprint density at radius 3 is 3.16 bits per heavy atom. The summed E-state index contributed by atoms with van der Waals surface area (Å²) in [5, 5.41) is 4.58. The van der Waals surface area contributed by atoms with E-state index in [0.717, 1.165) is 48.5 Å². The molecule has 1 fully saturated rings. The maximum atomic E-state index is 5.95. The Labute approximate surface area is 113 Å².